The Kier molecular flexibility index (Phi) is 6.50. The van der Waals surface area contributed by atoms with E-state index in [1.165, 1.54) is 5.56 Å². The first-order valence-corrected chi connectivity index (χ1v) is 10.3. The Balaban J connectivity index is 1.53. The van der Waals surface area contributed by atoms with Crippen molar-refractivity contribution in [3.05, 3.63) is 35.7 Å². The van der Waals surface area contributed by atoms with Crippen LogP contribution in [-0.2, 0) is 16.8 Å². The van der Waals surface area contributed by atoms with Crippen LogP contribution in [0.2, 0.25) is 0 Å². The Morgan fingerprint density at radius 3 is 2.50 bits per heavy atom. The number of carbonyl (C=O) groups excluding carboxylic acids is 1. The molecule has 1 aromatic carbocycles. The molecule has 0 saturated carbocycles. The third-order valence-corrected chi connectivity index (χ3v) is 5.34. The van der Waals surface area contributed by atoms with Crippen LogP contribution < -0.4 is 5.32 Å². The maximum atomic E-state index is 12.1. The summed E-state index contributed by atoms with van der Waals surface area (Å²) in [5, 5.41) is 7.15. The Morgan fingerprint density at radius 1 is 1.21 bits per heavy atom. The van der Waals surface area contributed by atoms with Crippen LogP contribution in [0.5, 0.6) is 0 Å². The quantitative estimate of drug-likeness (QED) is 0.821. The maximum Gasteiger partial charge on any atom is 0.241 e. The first-order valence-electron chi connectivity index (χ1n) is 10.3. The zero-order chi connectivity index (χ0) is 20.1. The minimum atomic E-state index is 0.126. The van der Waals surface area contributed by atoms with E-state index < -0.39 is 0 Å². The second-order valence-electron chi connectivity index (χ2n) is 8.68. The summed E-state index contributed by atoms with van der Waals surface area (Å²) in [6.07, 6.45) is 2.73. The molecule has 6 nitrogen and oxygen atoms in total. The van der Waals surface area contributed by atoms with Crippen LogP contribution in [0.3, 0.4) is 0 Å². The molecule has 1 aliphatic heterocycles. The molecule has 0 bridgehead atoms. The summed E-state index contributed by atoms with van der Waals surface area (Å²) in [6.45, 7) is 11.8. The molecular formula is C22H32N4O2. The lowest BCUT2D eigenvalue weighted by atomic mass is 9.87. The molecule has 1 saturated heterocycles. The van der Waals surface area contributed by atoms with Gasteiger partial charge in [-0.05, 0) is 43.3 Å². The zero-order valence-corrected chi connectivity index (χ0v) is 17.5. The van der Waals surface area contributed by atoms with Gasteiger partial charge in [-0.3, -0.25) is 9.69 Å². The molecule has 1 aromatic heterocycles. The summed E-state index contributed by atoms with van der Waals surface area (Å²) in [7, 11) is 0. The average molecular weight is 385 g/mol. The van der Waals surface area contributed by atoms with Crippen molar-refractivity contribution in [1.82, 2.24) is 20.4 Å². The Hall–Kier alpha value is -2.21. The van der Waals surface area contributed by atoms with E-state index in [2.05, 4.69) is 72.3 Å². The predicted octanol–water partition coefficient (Wildman–Crippen LogP) is 3.77. The summed E-state index contributed by atoms with van der Waals surface area (Å²) >= 11 is 0. The number of piperidine rings is 1. The number of nitrogens with one attached hydrogen (secondary N) is 1. The molecule has 1 N–H and O–H groups in total. The fourth-order valence-corrected chi connectivity index (χ4v) is 3.49. The molecule has 152 valence electrons. The highest BCUT2D eigenvalue weighted by molar-refractivity contribution is 5.78. The summed E-state index contributed by atoms with van der Waals surface area (Å²) < 4.78 is 5.46. The van der Waals surface area contributed by atoms with Crippen molar-refractivity contribution >= 4 is 5.91 Å². The number of rotatable bonds is 6. The normalized spacial score (nSPS) is 16.3. The van der Waals surface area contributed by atoms with E-state index in [9.17, 15) is 4.79 Å². The van der Waals surface area contributed by atoms with Crippen LogP contribution in [-0.4, -0.2) is 40.6 Å². The lowest BCUT2D eigenvalue weighted by Crippen LogP contribution is -2.40. The molecule has 28 heavy (non-hydrogen) atoms. The number of hydrogen-bond donors (Lipinski definition) is 1. The zero-order valence-electron chi connectivity index (χ0n) is 17.5. The van der Waals surface area contributed by atoms with E-state index in [4.69, 9.17) is 4.52 Å². The number of aromatic nitrogens is 2. The molecule has 6 heteroatoms. The smallest absolute Gasteiger partial charge is 0.241 e. The lowest BCUT2D eigenvalue weighted by molar-refractivity contribution is -0.126. The molecule has 1 aliphatic rings. The van der Waals surface area contributed by atoms with Crippen LogP contribution in [0.4, 0.5) is 0 Å². The molecule has 2 heterocycles. The van der Waals surface area contributed by atoms with Crippen molar-refractivity contribution in [3.8, 4) is 11.4 Å². The van der Waals surface area contributed by atoms with E-state index in [0.717, 1.165) is 44.5 Å². The second-order valence-corrected chi connectivity index (χ2v) is 8.68. The highest BCUT2D eigenvalue weighted by Gasteiger charge is 2.25. The van der Waals surface area contributed by atoms with Crippen molar-refractivity contribution in [3.63, 3.8) is 0 Å². The standard InChI is InChI=1S/C22H32N4O2/c1-5-12-23-21(27)17-10-13-26(14-11-17)15-19-24-20(25-28-19)16-6-8-18(9-7-16)22(2,3)4/h6-9,17H,5,10-15H2,1-4H3,(H,23,27). The van der Waals surface area contributed by atoms with Gasteiger partial charge < -0.3 is 9.84 Å². The summed E-state index contributed by atoms with van der Waals surface area (Å²) in [6, 6.07) is 8.35. The molecule has 0 aliphatic carbocycles. The van der Waals surface area contributed by atoms with Crippen molar-refractivity contribution in [2.24, 2.45) is 5.92 Å². The van der Waals surface area contributed by atoms with Crippen LogP contribution in [0, 0.1) is 5.92 Å². The van der Waals surface area contributed by atoms with Gasteiger partial charge in [0.15, 0.2) is 0 Å². The van der Waals surface area contributed by atoms with E-state index in [1.54, 1.807) is 0 Å². The molecule has 0 spiro atoms. The van der Waals surface area contributed by atoms with Gasteiger partial charge in [-0.2, -0.15) is 4.98 Å². The van der Waals surface area contributed by atoms with Gasteiger partial charge in [0.1, 0.15) is 0 Å². The highest BCUT2D eigenvalue weighted by Crippen LogP contribution is 2.25. The van der Waals surface area contributed by atoms with Gasteiger partial charge in [0.05, 0.1) is 6.54 Å². The molecule has 2 aromatic rings. The third kappa shape index (κ3) is 5.19. The Morgan fingerprint density at radius 2 is 1.89 bits per heavy atom. The van der Waals surface area contributed by atoms with Crippen LogP contribution in [0.1, 0.15) is 58.4 Å². The molecule has 0 atom stereocenters. The molecule has 3 rings (SSSR count). The minimum Gasteiger partial charge on any atom is -0.356 e. The topological polar surface area (TPSA) is 71.3 Å². The summed E-state index contributed by atoms with van der Waals surface area (Å²) in [5.74, 6) is 1.58. The van der Waals surface area contributed by atoms with Crippen LogP contribution in [0.15, 0.2) is 28.8 Å². The number of hydrogen-bond acceptors (Lipinski definition) is 5. The number of carbonyl (C=O) groups is 1. The van der Waals surface area contributed by atoms with E-state index >= 15 is 0 Å². The highest BCUT2D eigenvalue weighted by atomic mass is 16.5. The largest absolute Gasteiger partial charge is 0.356 e. The van der Waals surface area contributed by atoms with E-state index in [1.807, 2.05) is 0 Å². The fraction of sp³-hybridized carbons (Fsp3) is 0.591. The Bertz CT molecular complexity index is 769. The third-order valence-electron chi connectivity index (χ3n) is 5.34. The Labute approximate surface area is 167 Å². The summed E-state index contributed by atoms with van der Waals surface area (Å²) in [5.41, 5.74) is 2.38. The van der Waals surface area contributed by atoms with Gasteiger partial charge in [-0.1, -0.05) is 57.1 Å². The van der Waals surface area contributed by atoms with Gasteiger partial charge in [0.25, 0.3) is 0 Å². The van der Waals surface area contributed by atoms with Gasteiger partial charge in [0, 0.05) is 18.0 Å². The van der Waals surface area contributed by atoms with Crippen LogP contribution in [0.25, 0.3) is 11.4 Å². The minimum absolute atomic E-state index is 0.126. The van der Waals surface area contributed by atoms with Crippen LogP contribution >= 0.6 is 0 Å². The molecule has 0 unspecified atom stereocenters. The fourth-order valence-electron chi connectivity index (χ4n) is 3.49. The monoisotopic (exact) mass is 384 g/mol. The van der Waals surface area contributed by atoms with Gasteiger partial charge >= 0.3 is 0 Å². The number of benzene rings is 1. The lowest BCUT2D eigenvalue weighted by Gasteiger charge is -2.30. The predicted molar refractivity (Wildman–Crippen MR) is 110 cm³/mol. The summed E-state index contributed by atoms with van der Waals surface area (Å²) in [4.78, 5) is 18.9. The maximum absolute atomic E-state index is 12.1. The number of likely N-dealkylation sites (tertiary alicyclic amines) is 1. The SMILES string of the molecule is CCCNC(=O)C1CCN(Cc2nc(-c3ccc(C(C)(C)C)cc3)no2)CC1. The number of nitrogens with zero attached hydrogens (tertiary/aromatic N) is 3. The van der Waals surface area contributed by atoms with Crippen molar-refractivity contribution in [2.45, 2.75) is 58.9 Å². The first-order chi connectivity index (χ1) is 13.4. The van der Waals surface area contributed by atoms with Crippen molar-refractivity contribution in [2.75, 3.05) is 19.6 Å². The molecule has 1 amide bonds. The first kappa shape index (κ1) is 20.5. The van der Waals surface area contributed by atoms with E-state index in [-0.39, 0.29) is 17.2 Å². The van der Waals surface area contributed by atoms with Gasteiger partial charge in [-0.25, -0.2) is 0 Å². The second kappa shape index (κ2) is 8.86. The molecule has 0 radical (unpaired) electrons. The molecule has 1 fully saturated rings. The average Bonchev–Trinajstić information content (AvgIpc) is 3.14. The van der Waals surface area contributed by atoms with Gasteiger partial charge in [-0.15, -0.1) is 0 Å². The van der Waals surface area contributed by atoms with E-state index in [0.29, 0.717) is 18.3 Å². The van der Waals surface area contributed by atoms with Gasteiger partial charge in [0.2, 0.25) is 17.6 Å². The molecular weight excluding hydrogens is 352 g/mol. The van der Waals surface area contributed by atoms with Crippen molar-refractivity contribution < 1.29 is 9.32 Å². The van der Waals surface area contributed by atoms with Crippen molar-refractivity contribution in [1.29, 1.82) is 0 Å². The number of amides is 1.